The summed E-state index contributed by atoms with van der Waals surface area (Å²) in [6.07, 6.45) is 0. The zero-order valence-corrected chi connectivity index (χ0v) is 23.7. The van der Waals surface area contributed by atoms with E-state index in [2.05, 4.69) is 53.7 Å². The van der Waals surface area contributed by atoms with Gasteiger partial charge in [-0.25, -0.2) is 4.68 Å². The third-order valence-corrected chi connectivity index (χ3v) is 7.65. The number of fused-ring (bicyclic) bond motifs is 1. The monoisotopic (exact) mass is 539 g/mol. The fourth-order valence-electron chi connectivity index (χ4n) is 4.60. The maximum absolute atomic E-state index is 13.8. The molecule has 2 heterocycles. The summed E-state index contributed by atoms with van der Waals surface area (Å²) < 4.78 is 7.85. The van der Waals surface area contributed by atoms with Gasteiger partial charge in [-0.15, -0.1) is 5.10 Å². The molecule has 0 saturated carbocycles. The molecule has 0 radical (unpaired) electrons. The molecule has 3 aromatic carbocycles. The zero-order chi connectivity index (χ0) is 27.5. The Morgan fingerprint density at radius 2 is 1.77 bits per heavy atom. The maximum Gasteiger partial charge on any atom is 0.255 e. The molecule has 4 aromatic rings. The number of nitrogens with zero attached hydrogens (tertiary/aromatic N) is 3. The molecular weight excluding hydrogens is 506 g/mol. The minimum absolute atomic E-state index is 0.177. The van der Waals surface area contributed by atoms with E-state index in [1.165, 1.54) is 5.56 Å². The van der Waals surface area contributed by atoms with Crippen LogP contribution < -0.4 is 15.4 Å². The summed E-state index contributed by atoms with van der Waals surface area (Å²) in [5.41, 5.74) is 7.55. The van der Waals surface area contributed by atoms with E-state index in [9.17, 15) is 4.79 Å². The Bertz CT molecular complexity index is 1520. The van der Waals surface area contributed by atoms with E-state index in [0.717, 1.165) is 45.1 Å². The number of hydrogen-bond donors (Lipinski definition) is 2. The first-order chi connectivity index (χ1) is 18.8. The van der Waals surface area contributed by atoms with Crippen molar-refractivity contribution in [2.45, 2.75) is 52.4 Å². The molecule has 5 rings (SSSR count). The molecule has 39 heavy (non-hydrogen) atoms. The van der Waals surface area contributed by atoms with E-state index in [-0.39, 0.29) is 5.91 Å². The van der Waals surface area contributed by atoms with Crippen LogP contribution in [0.5, 0.6) is 5.75 Å². The van der Waals surface area contributed by atoms with Crippen LogP contribution in [0.15, 0.2) is 83.2 Å². The Morgan fingerprint density at radius 3 is 2.49 bits per heavy atom. The Hall–Kier alpha value is -4.04. The van der Waals surface area contributed by atoms with Gasteiger partial charge in [0.05, 0.1) is 5.57 Å². The summed E-state index contributed by atoms with van der Waals surface area (Å²) in [5, 5.41) is 11.9. The van der Waals surface area contributed by atoms with Gasteiger partial charge in [-0.05, 0) is 73.9 Å². The van der Waals surface area contributed by atoms with E-state index in [0.29, 0.717) is 23.3 Å². The fraction of sp³-hybridized carbons (Fsp3) is 0.258. The molecule has 7 nitrogen and oxygen atoms in total. The molecule has 8 heteroatoms. The number of rotatable bonds is 8. The minimum Gasteiger partial charge on any atom is -0.489 e. The van der Waals surface area contributed by atoms with Gasteiger partial charge in [-0.1, -0.05) is 72.8 Å². The average Bonchev–Trinajstić information content (AvgIpc) is 3.32. The lowest BCUT2D eigenvalue weighted by Crippen LogP contribution is -2.31. The van der Waals surface area contributed by atoms with Crippen LogP contribution in [0.2, 0.25) is 0 Å². The highest BCUT2D eigenvalue weighted by molar-refractivity contribution is 7.99. The molecule has 0 aliphatic carbocycles. The fourth-order valence-corrected chi connectivity index (χ4v) is 5.15. The second kappa shape index (κ2) is 11.4. The van der Waals surface area contributed by atoms with Crippen LogP contribution in [0.25, 0.3) is 0 Å². The quantitative estimate of drug-likeness (QED) is 0.239. The van der Waals surface area contributed by atoms with Crippen LogP contribution in [0.1, 0.15) is 47.7 Å². The molecule has 0 spiro atoms. The van der Waals surface area contributed by atoms with E-state index in [1.54, 1.807) is 11.8 Å². The summed E-state index contributed by atoms with van der Waals surface area (Å²) in [6, 6.07) is 21.7. The molecule has 1 unspecified atom stereocenters. The molecule has 200 valence electrons. The number of aromatic nitrogens is 3. The van der Waals surface area contributed by atoms with Gasteiger partial charge in [0, 0.05) is 11.4 Å². The lowest BCUT2D eigenvalue weighted by Gasteiger charge is -2.29. The zero-order valence-electron chi connectivity index (χ0n) is 22.9. The lowest BCUT2D eigenvalue weighted by atomic mass is 9.94. The van der Waals surface area contributed by atoms with Crippen LogP contribution in [0.3, 0.4) is 0 Å². The van der Waals surface area contributed by atoms with Crippen LogP contribution in [0, 0.1) is 20.8 Å². The van der Waals surface area contributed by atoms with Crippen LogP contribution in [-0.4, -0.2) is 26.4 Å². The van der Waals surface area contributed by atoms with E-state index in [4.69, 9.17) is 9.84 Å². The van der Waals surface area contributed by atoms with Crippen molar-refractivity contribution in [2.24, 2.45) is 0 Å². The molecule has 0 fully saturated rings. The summed E-state index contributed by atoms with van der Waals surface area (Å²) in [5.74, 6) is 2.06. The number of benzene rings is 3. The largest absolute Gasteiger partial charge is 0.489 e. The number of anilines is 2. The topological polar surface area (TPSA) is 81.1 Å². The number of hydrogen-bond acceptors (Lipinski definition) is 6. The number of nitrogens with one attached hydrogen (secondary N) is 2. The lowest BCUT2D eigenvalue weighted by molar-refractivity contribution is -0.113. The first-order valence-corrected chi connectivity index (χ1v) is 14.1. The molecular formula is C31H33N5O2S. The summed E-state index contributed by atoms with van der Waals surface area (Å²) in [4.78, 5) is 18.5. The molecule has 1 amide bonds. The van der Waals surface area contributed by atoms with Gasteiger partial charge in [-0.2, -0.15) is 4.98 Å². The van der Waals surface area contributed by atoms with Crippen molar-refractivity contribution in [1.29, 1.82) is 0 Å². The highest BCUT2D eigenvalue weighted by Gasteiger charge is 2.34. The van der Waals surface area contributed by atoms with E-state index < -0.39 is 6.04 Å². The summed E-state index contributed by atoms with van der Waals surface area (Å²) in [7, 11) is 0. The van der Waals surface area contributed by atoms with Gasteiger partial charge < -0.3 is 15.4 Å². The first-order valence-electron chi connectivity index (χ1n) is 13.1. The standard InChI is InChI=1S/C31H33N5O2S/c1-6-39-31-34-30-32-22(5)27(29(37)33-26-9-7-8-20(3)21(26)4)28(36(30)35-31)24-14-16-25(17-15-24)38-18-23-12-10-19(2)11-13-23/h7-17,28H,6,18H2,1-5H3,(H,33,37)(H,32,34,35). The third-order valence-electron chi connectivity index (χ3n) is 6.93. The van der Waals surface area contributed by atoms with Crippen molar-refractivity contribution < 1.29 is 9.53 Å². The second-order valence-corrected chi connectivity index (χ2v) is 10.9. The third kappa shape index (κ3) is 5.71. The van der Waals surface area contributed by atoms with Crippen LogP contribution in [0.4, 0.5) is 11.6 Å². The van der Waals surface area contributed by atoms with Crippen molar-refractivity contribution >= 4 is 29.3 Å². The highest BCUT2D eigenvalue weighted by Crippen LogP contribution is 2.37. The Kier molecular flexibility index (Phi) is 7.74. The molecule has 2 N–H and O–H groups in total. The SMILES string of the molecule is CCSc1nc2n(n1)C(c1ccc(OCc3ccc(C)cc3)cc1)C(C(=O)Nc1cccc(C)c1C)=C(C)N2. The van der Waals surface area contributed by atoms with Crippen molar-refractivity contribution in [1.82, 2.24) is 14.8 Å². The summed E-state index contributed by atoms with van der Waals surface area (Å²) in [6.45, 7) is 10.6. The molecule has 0 saturated heterocycles. The predicted molar refractivity (Wildman–Crippen MR) is 157 cm³/mol. The van der Waals surface area contributed by atoms with Crippen molar-refractivity contribution in [3.05, 3.63) is 106 Å². The van der Waals surface area contributed by atoms with Crippen LogP contribution in [-0.2, 0) is 11.4 Å². The van der Waals surface area contributed by atoms with Crippen molar-refractivity contribution in [2.75, 3.05) is 16.4 Å². The first kappa shape index (κ1) is 26.6. The number of carbonyl (C=O) groups excluding carboxylic acids is 1. The smallest absolute Gasteiger partial charge is 0.255 e. The molecule has 1 aromatic heterocycles. The highest BCUT2D eigenvalue weighted by atomic mass is 32.2. The Balaban J connectivity index is 1.46. The van der Waals surface area contributed by atoms with E-state index in [1.807, 2.05) is 67.9 Å². The number of amides is 1. The van der Waals surface area contributed by atoms with Gasteiger partial charge in [-0.3, -0.25) is 4.79 Å². The number of carbonyl (C=O) groups is 1. The average molecular weight is 540 g/mol. The Morgan fingerprint density at radius 1 is 1.03 bits per heavy atom. The number of ether oxygens (including phenoxy) is 1. The molecule has 1 aliphatic heterocycles. The maximum atomic E-state index is 13.8. The van der Waals surface area contributed by atoms with Gasteiger partial charge in [0.1, 0.15) is 18.4 Å². The van der Waals surface area contributed by atoms with E-state index >= 15 is 0 Å². The number of aryl methyl sites for hydroxylation is 2. The summed E-state index contributed by atoms with van der Waals surface area (Å²) >= 11 is 1.57. The number of thioether (sulfide) groups is 1. The minimum atomic E-state index is -0.448. The Labute approximate surface area is 233 Å². The second-order valence-electron chi connectivity index (χ2n) is 9.71. The van der Waals surface area contributed by atoms with Gasteiger partial charge in [0.2, 0.25) is 11.1 Å². The van der Waals surface area contributed by atoms with Gasteiger partial charge in [0.25, 0.3) is 5.91 Å². The molecule has 0 bridgehead atoms. The van der Waals surface area contributed by atoms with Gasteiger partial charge in [0.15, 0.2) is 0 Å². The molecule has 1 aliphatic rings. The van der Waals surface area contributed by atoms with Crippen LogP contribution >= 0.6 is 11.8 Å². The van der Waals surface area contributed by atoms with Crippen molar-refractivity contribution in [3.8, 4) is 5.75 Å². The van der Waals surface area contributed by atoms with Gasteiger partial charge >= 0.3 is 0 Å². The molecule has 1 atom stereocenters. The predicted octanol–water partition coefficient (Wildman–Crippen LogP) is 6.82. The normalized spacial score (nSPS) is 14.5. The van der Waals surface area contributed by atoms with Crippen molar-refractivity contribution in [3.63, 3.8) is 0 Å². The number of allylic oxidation sites excluding steroid dienone is 1.